The molecule has 0 saturated heterocycles. The van der Waals surface area contributed by atoms with Crippen molar-refractivity contribution < 1.29 is 9.90 Å². The zero-order valence-electron chi connectivity index (χ0n) is 12.2. The van der Waals surface area contributed by atoms with Crippen LogP contribution in [0.1, 0.15) is 38.2 Å². The SMILES string of the molecule is CC1CCC(O)(CNC(=O)C=Cc2cnn(C)c2)CC1. The van der Waals surface area contributed by atoms with Crippen molar-refractivity contribution in [1.82, 2.24) is 15.1 Å². The van der Waals surface area contributed by atoms with E-state index in [0.29, 0.717) is 12.5 Å². The number of rotatable bonds is 4. The van der Waals surface area contributed by atoms with Gasteiger partial charge in [0.05, 0.1) is 11.8 Å². The Balaban J connectivity index is 1.79. The highest BCUT2D eigenvalue weighted by molar-refractivity contribution is 5.91. The fraction of sp³-hybridized carbons (Fsp3) is 0.600. The molecule has 5 heteroatoms. The third kappa shape index (κ3) is 4.20. The van der Waals surface area contributed by atoms with Crippen LogP contribution in [0.4, 0.5) is 0 Å². The highest BCUT2D eigenvalue weighted by atomic mass is 16.3. The second-order valence-electron chi connectivity index (χ2n) is 5.91. The molecule has 0 aliphatic heterocycles. The summed E-state index contributed by atoms with van der Waals surface area (Å²) in [5.41, 5.74) is 0.150. The molecule has 1 aromatic heterocycles. The van der Waals surface area contributed by atoms with Crippen LogP contribution in [0.3, 0.4) is 0 Å². The molecule has 1 saturated carbocycles. The van der Waals surface area contributed by atoms with Crippen molar-refractivity contribution in [2.75, 3.05) is 6.54 Å². The summed E-state index contributed by atoms with van der Waals surface area (Å²) in [4.78, 5) is 11.7. The molecule has 1 aliphatic rings. The highest BCUT2D eigenvalue weighted by Crippen LogP contribution is 2.31. The lowest BCUT2D eigenvalue weighted by atomic mass is 9.79. The number of carbonyl (C=O) groups excluding carboxylic acids is 1. The van der Waals surface area contributed by atoms with E-state index in [2.05, 4.69) is 17.3 Å². The largest absolute Gasteiger partial charge is 0.388 e. The lowest BCUT2D eigenvalue weighted by Crippen LogP contribution is -2.44. The number of nitrogens with zero attached hydrogens (tertiary/aromatic N) is 2. The Morgan fingerprint density at radius 1 is 1.60 bits per heavy atom. The van der Waals surface area contributed by atoms with Crippen LogP contribution < -0.4 is 5.32 Å². The van der Waals surface area contributed by atoms with E-state index in [-0.39, 0.29) is 5.91 Å². The molecule has 2 rings (SSSR count). The van der Waals surface area contributed by atoms with E-state index in [4.69, 9.17) is 0 Å². The zero-order chi connectivity index (χ0) is 14.6. The first-order valence-electron chi connectivity index (χ1n) is 7.14. The highest BCUT2D eigenvalue weighted by Gasteiger charge is 2.31. The van der Waals surface area contributed by atoms with E-state index in [1.165, 1.54) is 6.08 Å². The van der Waals surface area contributed by atoms with Gasteiger partial charge in [-0.15, -0.1) is 0 Å². The lowest BCUT2D eigenvalue weighted by molar-refractivity contribution is -0.118. The molecule has 20 heavy (non-hydrogen) atoms. The molecular weight excluding hydrogens is 254 g/mol. The number of hydrogen-bond donors (Lipinski definition) is 2. The molecule has 1 aromatic rings. The molecule has 0 bridgehead atoms. The topological polar surface area (TPSA) is 67.2 Å². The predicted octanol–water partition coefficient (Wildman–Crippen LogP) is 1.49. The van der Waals surface area contributed by atoms with Gasteiger partial charge >= 0.3 is 0 Å². The van der Waals surface area contributed by atoms with Gasteiger partial charge in [0.25, 0.3) is 0 Å². The van der Waals surface area contributed by atoms with E-state index in [0.717, 1.165) is 31.2 Å². The summed E-state index contributed by atoms with van der Waals surface area (Å²) in [5.74, 6) is 0.498. The predicted molar refractivity (Wildman–Crippen MR) is 77.8 cm³/mol. The molecule has 1 amide bonds. The van der Waals surface area contributed by atoms with Gasteiger partial charge in [0.1, 0.15) is 0 Å². The van der Waals surface area contributed by atoms with Crippen molar-refractivity contribution in [3.63, 3.8) is 0 Å². The monoisotopic (exact) mass is 277 g/mol. The zero-order valence-corrected chi connectivity index (χ0v) is 12.2. The maximum Gasteiger partial charge on any atom is 0.244 e. The van der Waals surface area contributed by atoms with Gasteiger partial charge in [0.2, 0.25) is 5.91 Å². The van der Waals surface area contributed by atoms with Crippen LogP contribution in [0, 0.1) is 5.92 Å². The summed E-state index contributed by atoms with van der Waals surface area (Å²) in [7, 11) is 1.83. The number of aliphatic hydroxyl groups is 1. The Bertz CT molecular complexity index is 485. The molecule has 2 N–H and O–H groups in total. The third-order valence-corrected chi connectivity index (χ3v) is 3.95. The quantitative estimate of drug-likeness (QED) is 0.819. The van der Waals surface area contributed by atoms with Gasteiger partial charge < -0.3 is 10.4 Å². The Labute approximate surface area is 119 Å². The number of carbonyl (C=O) groups is 1. The summed E-state index contributed by atoms with van der Waals surface area (Å²) in [6, 6.07) is 0. The average Bonchev–Trinajstić information content (AvgIpc) is 2.84. The lowest BCUT2D eigenvalue weighted by Gasteiger charge is -2.34. The normalized spacial score (nSPS) is 26.9. The van der Waals surface area contributed by atoms with Crippen molar-refractivity contribution in [3.05, 3.63) is 24.0 Å². The minimum absolute atomic E-state index is 0.180. The first-order chi connectivity index (χ1) is 9.47. The summed E-state index contributed by atoms with van der Waals surface area (Å²) in [5, 5.41) is 17.2. The van der Waals surface area contributed by atoms with Crippen LogP contribution in [-0.4, -0.2) is 32.9 Å². The van der Waals surface area contributed by atoms with Gasteiger partial charge in [-0.25, -0.2) is 0 Å². The van der Waals surface area contributed by atoms with Gasteiger partial charge in [-0.1, -0.05) is 6.92 Å². The first kappa shape index (κ1) is 14.8. The Kier molecular flexibility index (Phi) is 4.60. The van der Waals surface area contributed by atoms with Crippen LogP contribution in [-0.2, 0) is 11.8 Å². The van der Waals surface area contributed by atoms with Crippen molar-refractivity contribution in [2.45, 2.75) is 38.2 Å². The maximum atomic E-state index is 11.7. The molecule has 0 aromatic carbocycles. The number of hydrogen-bond acceptors (Lipinski definition) is 3. The van der Waals surface area contributed by atoms with Gasteiger partial charge in [-0.3, -0.25) is 9.48 Å². The van der Waals surface area contributed by atoms with Crippen LogP contribution in [0.2, 0.25) is 0 Å². The van der Waals surface area contributed by atoms with Crippen LogP contribution in [0.5, 0.6) is 0 Å². The molecule has 0 unspecified atom stereocenters. The molecule has 0 radical (unpaired) electrons. The average molecular weight is 277 g/mol. The molecule has 110 valence electrons. The van der Waals surface area contributed by atoms with Crippen molar-refractivity contribution in [1.29, 1.82) is 0 Å². The second-order valence-corrected chi connectivity index (χ2v) is 5.91. The number of aryl methyl sites for hydroxylation is 1. The van der Waals surface area contributed by atoms with Crippen molar-refractivity contribution >= 4 is 12.0 Å². The van der Waals surface area contributed by atoms with E-state index < -0.39 is 5.60 Å². The third-order valence-electron chi connectivity index (χ3n) is 3.95. The smallest absolute Gasteiger partial charge is 0.244 e. The molecule has 1 fully saturated rings. The van der Waals surface area contributed by atoms with E-state index >= 15 is 0 Å². The fourth-order valence-electron chi connectivity index (χ4n) is 2.48. The van der Waals surface area contributed by atoms with E-state index in [9.17, 15) is 9.90 Å². The van der Waals surface area contributed by atoms with Crippen molar-refractivity contribution in [3.8, 4) is 0 Å². The van der Waals surface area contributed by atoms with Crippen LogP contribution in [0.15, 0.2) is 18.5 Å². The molecular formula is C15H23N3O2. The van der Waals surface area contributed by atoms with E-state index in [1.54, 1.807) is 17.0 Å². The maximum absolute atomic E-state index is 11.7. The Morgan fingerprint density at radius 3 is 2.90 bits per heavy atom. The van der Waals surface area contributed by atoms with Crippen LogP contribution in [0.25, 0.3) is 6.08 Å². The standard InChI is InChI=1S/C15H23N3O2/c1-12-5-7-15(20,8-6-12)11-16-14(19)4-3-13-9-17-18(2)10-13/h3-4,9-10,12,20H,5-8,11H2,1-2H3,(H,16,19). The first-order valence-corrected chi connectivity index (χ1v) is 7.14. The Morgan fingerprint density at radius 2 is 2.30 bits per heavy atom. The minimum atomic E-state index is -0.732. The molecule has 0 atom stereocenters. The van der Waals surface area contributed by atoms with Crippen LogP contribution >= 0.6 is 0 Å². The number of amides is 1. The Hall–Kier alpha value is -1.62. The summed E-state index contributed by atoms with van der Waals surface area (Å²) in [6.45, 7) is 2.53. The van der Waals surface area contributed by atoms with Crippen molar-refractivity contribution in [2.24, 2.45) is 13.0 Å². The minimum Gasteiger partial charge on any atom is -0.388 e. The fourth-order valence-corrected chi connectivity index (χ4v) is 2.48. The molecule has 0 spiro atoms. The molecule has 1 aliphatic carbocycles. The van der Waals surface area contributed by atoms with Gasteiger partial charge in [0, 0.05) is 31.4 Å². The second kappa shape index (κ2) is 6.22. The van der Waals surface area contributed by atoms with Gasteiger partial charge in [-0.2, -0.15) is 5.10 Å². The number of aromatic nitrogens is 2. The molecule has 5 nitrogen and oxygen atoms in total. The summed E-state index contributed by atoms with van der Waals surface area (Å²) >= 11 is 0. The summed E-state index contributed by atoms with van der Waals surface area (Å²) < 4.78 is 1.68. The van der Waals surface area contributed by atoms with Gasteiger partial charge in [-0.05, 0) is 37.7 Å². The van der Waals surface area contributed by atoms with E-state index in [1.807, 2.05) is 13.2 Å². The van der Waals surface area contributed by atoms with Gasteiger partial charge in [0.15, 0.2) is 0 Å². The molecule has 1 heterocycles. The number of nitrogens with one attached hydrogen (secondary N) is 1. The summed E-state index contributed by atoms with van der Waals surface area (Å²) in [6.07, 6.45) is 10.3.